The molecular formula is C24H19Br2N3O3. The summed E-state index contributed by atoms with van der Waals surface area (Å²) in [7, 11) is 1.59. The number of hydrogen-bond donors (Lipinski definition) is 0. The fraction of sp³-hybridized carbons (Fsp3) is 0.125. The van der Waals surface area contributed by atoms with Gasteiger partial charge in [-0.1, -0.05) is 44.0 Å². The molecule has 0 amide bonds. The largest absolute Gasteiger partial charge is 0.493 e. The van der Waals surface area contributed by atoms with E-state index in [2.05, 4.69) is 41.9 Å². The highest BCUT2D eigenvalue weighted by atomic mass is 79.9. The van der Waals surface area contributed by atoms with Crippen LogP contribution in [0.15, 0.2) is 79.5 Å². The van der Waals surface area contributed by atoms with Crippen LogP contribution in [0.2, 0.25) is 0 Å². The van der Waals surface area contributed by atoms with Gasteiger partial charge in [-0.2, -0.15) is 9.78 Å². The zero-order valence-corrected chi connectivity index (χ0v) is 20.6. The van der Waals surface area contributed by atoms with Gasteiger partial charge in [0.25, 0.3) is 5.56 Å². The summed E-state index contributed by atoms with van der Waals surface area (Å²) in [4.78, 5) is 17.4. The zero-order valence-electron chi connectivity index (χ0n) is 17.4. The van der Waals surface area contributed by atoms with E-state index < -0.39 is 0 Å². The first-order valence-electron chi connectivity index (χ1n) is 9.73. The van der Waals surface area contributed by atoms with E-state index in [-0.39, 0.29) is 5.56 Å². The van der Waals surface area contributed by atoms with Crippen LogP contribution in [0.5, 0.6) is 11.5 Å². The molecule has 0 saturated carbocycles. The number of methoxy groups -OCH3 is 1. The Labute approximate surface area is 201 Å². The Bertz CT molecular complexity index is 1370. The summed E-state index contributed by atoms with van der Waals surface area (Å²) in [6.07, 6.45) is 1.60. The third kappa shape index (κ3) is 4.92. The molecule has 0 aliphatic carbocycles. The fourth-order valence-electron chi connectivity index (χ4n) is 3.15. The summed E-state index contributed by atoms with van der Waals surface area (Å²) in [5.74, 6) is 1.70. The number of nitrogens with zero attached hydrogens (tertiary/aromatic N) is 3. The molecule has 0 N–H and O–H groups in total. The predicted molar refractivity (Wildman–Crippen MR) is 133 cm³/mol. The van der Waals surface area contributed by atoms with E-state index >= 15 is 0 Å². The Kier molecular flexibility index (Phi) is 6.72. The maximum atomic E-state index is 12.9. The van der Waals surface area contributed by atoms with Gasteiger partial charge in [-0.15, -0.1) is 0 Å². The first-order chi connectivity index (χ1) is 15.4. The van der Waals surface area contributed by atoms with Crippen molar-refractivity contribution in [2.24, 2.45) is 5.10 Å². The fourth-order valence-corrected chi connectivity index (χ4v) is 3.77. The number of ether oxygens (including phenoxy) is 2. The molecule has 0 unspecified atom stereocenters. The van der Waals surface area contributed by atoms with E-state index in [0.29, 0.717) is 34.8 Å². The van der Waals surface area contributed by atoms with Crippen molar-refractivity contribution in [2.75, 3.05) is 7.11 Å². The van der Waals surface area contributed by atoms with Gasteiger partial charge >= 0.3 is 0 Å². The second-order valence-corrected chi connectivity index (χ2v) is 8.84. The van der Waals surface area contributed by atoms with Crippen LogP contribution in [0.3, 0.4) is 0 Å². The molecule has 32 heavy (non-hydrogen) atoms. The second-order valence-electron chi connectivity index (χ2n) is 7.01. The summed E-state index contributed by atoms with van der Waals surface area (Å²) in [6.45, 7) is 2.17. The Morgan fingerprint density at radius 3 is 2.50 bits per heavy atom. The van der Waals surface area contributed by atoms with Crippen molar-refractivity contribution in [1.29, 1.82) is 0 Å². The minimum atomic E-state index is -0.230. The van der Waals surface area contributed by atoms with Crippen molar-refractivity contribution >= 4 is 49.0 Å². The summed E-state index contributed by atoms with van der Waals surface area (Å²) in [6, 6.07) is 18.8. The monoisotopic (exact) mass is 555 g/mol. The molecule has 0 atom stereocenters. The molecule has 0 fully saturated rings. The van der Waals surface area contributed by atoms with Gasteiger partial charge in [-0.25, -0.2) is 4.98 Å². The summed E-state index contributed by atoms with van der Waals surface area (Å²) >= 11 is 6.82. The number of rotatable bonds is 6. The average Bonchev–Trinajstić information content (AvgIpc) is 2.79. The van der Waals surface area contributed by atoms with Gasteiger partial charge in [0.1, 0.15) is 12.4 Å². The highest BCUT2D eigenvalue weighted by Crippen LogP contribution is 2.28. The quantitative estimate of drug-likeness (QED) is 0.286. The molecule has 6 nitrogen and oxygen atoms in total. The lowest BCUT2D eigenvalue weighted by Gasteiger charge is -2.11. The van der Waals surface area contributed by atoms with Crippen molar-refractivity contribution < 1.29 is 9.47 Å². The summed E-state index contributed by atoms with van der Waals surface area (Å²) in [5, 5.41) is 4.86. The third-order valence-corrected chi connectivity index (χ3v) is 5.81. The van der Waals surface area contributed by atoms with Crippen LogP contribution in [0.1, 0.15) is 17.0 Å². The molecule has 1 heterocycles. The molecule has 0 bridgehead atoms. The first-order valence-corrected chi connectivity index (χ1v) is 11.3. The van der Waals surface area contributed by atoms with Gasteiger partial charge in [0.15, 0.2) is 11.5 Å². The number of aryl methyl sites for hydroxylation is 1. The lowest BCUT2D eigenvalue weighted by Crippen LogP contribution is -2.20. The number of halogens is 2. The molecule has 4 aromatic rings. The molecule has 4 rings (SSSR count). The molecule has 1 aromatic heterocycles. The van der Waals surface area contributed by atoms with E-state index in [9.17, 15) is 4.79 Å². The lowest BCUT2D eigenvalue weighted by molar-refractivity contribution is 0.284. The van der Waals surface area contributed by atoms with E-state index in [0.717, 1.165) is 20.1 Å². The number of benzene rings is 3. The molecule has 0 spiro atoms. The number of fused-ring (bicyclic) bond motifs is 1. The van der Waals surface area contributed by atoms with Crippen LogP contribution in [0, 0.1) is 6.92 Å². The molecule has 0 saturated heterocycles. The Hall–Kier alpha value is -2.97. The summed E-state index contributed by atoms with van der Waals surface area (Å²) in [5.41, 5.74) is 2.22. The minimum absolute atomic E-state index is 0.230. The summed E-state index contributed by atoms with van der Waals surface area (Å²) < 4.78 is 14.5. The molecule has 8 heteroatoms. The van der Waals surface area contributed by atoms with Crippen LogP contribution < -0.4 is 15.0 Å². The van der Waals surface area contributed by atoms with Crippen LogP contribution in [0.25, 0.3) is 10.9 Å². The van der Waals surface area contributed by atoms with Gasteiger partial charge in [-0.3, -0.25) is 4.79 Å². The van der Waals surface area contributed by atoms with Crippen LogP contribution in [-0.2, 0) is 6.61 Å². The SMILES string of the molecule is COc1cc(C=Nn2c(C)nc3ccc(Br)cc3c2=O)ccc1OCc1ccc(Br)cc1. The number of aromatic nitrogens is 2. The Morgan fingerprint density at radius 1 is 1.00 bits per heavy atom. The standard InChI is InChI=1S/C24H19Br2N3O3/c1-15-28-21-9-8-19(26)12-20(21)24(30)29(15)27-13-17-5-10-22(23(11-17)31-2)32-14-16-3-6-18(25)7-4-16/h3-13H,14H2,1-2H3. The highest BCUT2D eigenvalue weighted by molar-refractivity contribution is 9.10. The third-order valence-electron chi connectivity index (χ3n) is 4.79. The van der Waals surface area contributed by atoms with Gasteiger partial charge in [0.2, 0.25) is 0 Å². The topological polar surface area (TPSA) is 65.7 Å². The van der Waals surface area contributed by atoms with Crippen LogP contribution >= 0.6 is 31.9 Å². The van der Waals surface area contributed by atoms with Crippen molar-refractivity contribution in [3.63, 3.8) is 0 Å². The maximum absolute atomic E-state index is 12.9. The van der Waals surface area contributed by atoms with E-state index in [1.54, 1.807) is 32.4 Å². The van der Waals surface area contributed by atoms with Gasteiger partial charge in [0.05, 0.1) is 24.2 Å². The smallest absolute Gasteiger partial charge is 0.282 e. The molecule has 0 aliphatic rings. The van der Waals surface area contributed by atoms with Crippen LogP contribution in [-0.4, -0.2) is 23.0 Å². The Morgan fingerprint density at radius 2 is 1.75 bits per heavy atom. The molecule has 3 aromatic carbocycles. The predicted octanol–water partition coefficient (Wildman–Crippen LogP) is 5.70. The van der Waals surface area contributed by atoms with E-state index in [1.165, 1.54) is 4.68 Å². The number of hydrogen-bond acceptors (Lipinski definition) is 5. The van der Waals surface area contributed by atoms with Gasteiger partial charge < -0.3 is 9.47 Å². The maximum Gasteiger partial charge on any atom is 0.282 e. The highest BCUT2D eigenvalue weighted by Gasteiger charge is 2.09. The zero-order chi connectivity index (χ0) is 22.7. The van der Waals surface area contributed by atoms with Crippen molar-refractivity contribution in [2.45, 2.75) is 13.5 Å². The van der Waals surface area contributed by atoms with Crippen molar-refractivity contribution in [3.8, 4) is 11.5 Å². The second kappa shape index (κ2) is 9.67. The minimum Gasteiger partial charge on any atom is -0.493 e. The van der Waals surface area contributed by atoms with Crippen LogP contribution in [0.4, 0.5) is 0 Å². The molecule has 0 aliphatic heterocycles. The van der Waals surface area contributed by atoms with E-state index in [1.807, 2.05) is 48.5 Å². The molecular weight excluding hydrogens is 538 g/mol. The molecule has 162 valence electrons. The van der Waals surface area contributed by atoms with Gasteiger partial charge in [-0.05, 0) is 66.6 Å². The average molecular weight is 557 g/mol. The van der Waals surface area contributed by atoms with E-state index in [4.69, 9.17) is 9.47 Å². The van der Waals surface area contributed by atoms with Crippen molar-refractivity contribution in [1.82, 2.24) is 9.66 Å². The normalized spacial score (nSPS) is 11.2. The lowest BCUT2D eigenvalue weighted by atomic mass is 10.2. The van der Waals surface area contributed by atoms with Crippen molar-refractivity contribution in [3.05, 3.63) is 96.9 Å². The first kappa shape index (κ1) is 22.2. The molecule has 0 radical (unpaired) electrons. The Balaban J connectivity index is 1.58. The van der Waals surface area contributed by atoms with Gasteiger partial charge in [0, 0.05) is 8.95 Å².